The summed E-state index contributed by atoms with van der Waals surface area (Å²) < 4.78 is 5.43. The number of aromatic nitrogens is 2. The molecule has 1 aliphatic rings. The number of aromatic carboxylic acids is 1. The maximum absolute atomic E-state index is 12.3. The quantitative estimate of drug-likeness (QED) is 0.882. The first-order chi connectivity index (χ1) is 11.2. The first kappa shape index (κ1) is 18.0. The molecule has 8 nitrogen and oxygen atoms in total. The van der Waals surface area contributed by atoms with Crippen LogP contribution in [0.5, 0.6) is 0 Å². The summed E-state index contributed by atoms with van der Waals surface area (Å²) in [6.07, 6.45) is 1.83. The topological polar surface area (TPSA) is 95.9 Å². The molecule has 1 atom stereocenters. The lowest BCUT2D eigenvalue weighted by Gasteiger charge is -2.30. The highest BCUT2D eigenvalue weighted by Gasteiger charge is 2.29. The van der Waals surface area contributed by atoms with Crippen molar-refractivity contribution < 1.29 is 19.4 Å². The molecule has 0 aromatic carbocycles. The van der Waals surface area contributed by atoms with Crippen LogP contribution in [-0.4, -0.2) is 63.3 Å². The SMILES string of the molecule is C[C@H]1CN(C(=O)OC(C)(C)C)CCCN1c1nccc(C(=O)O)n1. The van der Waals surface area contributed by atoms with Crippen molar-refractivity contribution in [3.05, 3.63) is 18.0 Å². The van der Waals surface area contributed by atoms with Crippen molar-refractivity contribution >= 4 is 18.0 Å². The van der Waals surface area contributed by atoms with Crippen molar-refractivity contribution in [1.82, 2.24) is 14.9 Å². The van der Waals surface area contributed by atoms with E-state index in [1.165, 1.54) is 12.3 Å². The van der Waals surface area contributed by atoms with E-state index in [0.717, 1.165) is 6.42 Å². The van der Waals surface area contributed by atoms with Gasteiger partial charge in [0, 0.05) is 31.9 Å². The number of amides is 1. The smallest absolute Gasteiger partial charge is 0.410 e. The lowest BCUT2D eigenvalue weighted by Crippen LogP contribution is -2.43. The van der Waals surface area contributed by atoms with Gasteiger partial charge in [0.1, 0.15) is 5.60 Å². The van der Waals surface area contributed by atoms with E-state index in [2.05, 4.69) is 9.97 Å². The number of ether oxygens (including phenoxy) is 1. The number of hydrogen-bond donors (Lipinski definition) is 1. The molecule has 1 saturated heterocycles. The number of carboxylic acids is 1. The Morgan fingerprint density at radius 3 is 2.67 bits per heavy atom. The second-order valence-electron chi connectivity index (χ2n) is 6.87. The predicted octanol–water partition coefficient (Wildman–Crippen LogP) is 2.01. The molecule has 8 heteroatoms. The minimum Gasteiger partial charge on any atom is -0.477 e. The molecule has 0 unspecified atom stereocenters. The Labute approximate surface area is 141 Å². The van der Waals surface area contributed by atoms with Crippen molar-refractivity contribution in [3.63, 3.8) is 0 Å². The van der Waals surface area contributed by atoms with Crippen LogP contribution < -0.4 is 4.90 Å². The van der Waals surface area contributed by atoms with Crippen molar-refractivity contribution in [1.29, 1.82) is 0 Å². The molecule has 1 fully saturated rings. The van der Waals surface area contributed by atoms with Gasteiger partial charge in [-0.25, -0.2) is 19.6 Å². The summed E-state index contributed by atoms with van der Waals surface area (Å²) in [6, 6.07) is 1.31. The number of carbonyl (C=O) groups is 2. The summed E-state index contributed by atoms with van der Waals surface area (Å²) >= 11 is 0. The molecule has 0 saturated carbocycles. The Morgan fingerprint density at radius 1 is 1.33 bits per heavy atom. The Kier molecular flexibility index (Phi) is 5.26. The molecule has 0 aliphatic carbocycles. The predicted molar refractivity (Wildman–Crippen MR) is 88.2 cm³/mol. The standard InChI is InChI=1S/C16H24N4O4/c1-11-10-19(15(23)24-16(2,3)4)8-5-9-20(11)14-17-7-6-12(18-14)13(21)22/h6-7,11H,5,8-10H2,1-4H3,(H,21,22)/t11-/m0/s1. The number of hydrogen-bond acceptors (Lipinski definition) is 6. The Balaban J connectivity index is 2.12. The highest BCUT2D eigenvalue weighted by molar-refractivity contribution is 5.85. The summed E-state index contributed by atoms with van der Waals surface area (Å²) in [5.41, 5.74) is -0.578. The monoisotopic (exact) mass is 336 g/mol. The molecule has 24 heavy (non-hydrogen) atoms. The van der Waals surface area contributed by atoms with Crippen molar-refractivity contribution in [2.75, 3.05) is 24.5 Å². The fourth-order valence-electron chi connectivity index (χ4n) is 2.56. The Hall–Kier alpha value is -2.38. The van der Waals surface area contributed by atoms with Crippen LogP contribution in [0.15, 0.2) is 12.3 Å². The minimum atomic E-state index is -1.09. The van der Waals surface area contributed by atoms with Gasteiger partial charge in [-0.05, 0) is 40.2 Å². The molecule has 1 aliphatic heterocycles. The van der Waals surface area contributed by atoms with Gasteiger partial charge in [0.25, 0.3) is 0 Å². The maximum atomic E-state index is 12.3. The van der Waals surface area contributed by atoms with Gasteiger partial charge in [-0.1, -0.05) is 0 Å². The Bertz CT molecular complexity index is 614. The average Bonchev–Trinajstić information content (AvgIpc) is 2.67. The van der Waals surface area contributed by atoms with Crippen LogP contribution in [0.25, 0.3) is 0 Å². The molecule has 2 heterocycles. The highest BCUT2D eigenvalue weighted by Crippen LogP contribution is 2.18. The van der Waals surface area contributed by atoms with Crippen molar-refractivity contribution in [2.24, 2.45) is 0 Å². The van der Waals surface area contributed by atoms with Crippen LogP contribution in [0.3, 0.4) is 0 Å². The normalized spacial score (nSPS) is 18.9. The van der Waals surface area contributed by atoms with Crippen LogP contribution in [0.4, 0.5) is 10.7 Å². The van der Waals surface area contributed by atoms with Gasteiger partial charge in [-0.3, -0.25) is 0 Å². The molecule has 0 radical (unpaired) electrons. The van der Waals surface area contributed by atoms with Gasteiger partial charge >= 0.3 is 12.1 Å². The molecule has 1 aromatic rings. The van der Waals surface area contributed by atoms with E-state index in [0.29, 0.717) is 25.6 Å². The van der Waals surface area contributed by atoms with Crippen molar-refractivity contribution in [2.45, 2.75) is 45.8 Å². The molecular weight excluding hydrogens is 312 g/mol. The van der Waals surface area contributed by atoms with E-state index < -0.39 is 11.6 Å². The van der Waals surface area contributed by atoms with E-state index in [1.807, 2.05) is 32.6 Å². The van der Waals surface area contributed by atoms with Crippen LogP contribution in [0.2, 0.25) is 0 Å². The van der Waals surface area contributed by atoms with E-state index in [1.54, 1.807) is 4.90 Å². The summed E-state index contributed by atoms with van der Waals surface area (Å²) in [5, 5.41) is 9.07. The maximum Gasteiger partial charge on any atom is 0.410 e. The van der Waals surface area contributed by atoms with Crippen molar-refractivity contribution in [3.8, 4) is 0 Å². The van der Waals surface area contributed by atoms with Gasteiger partial charge in [0.05, 0.1) is 0 Å². The van der Waals surface area contributed by atoms with Gasteiger partial charge in [0.2, 0.25) is 5.95 Å². The first-order valence-corrected chi connectivity index (χ1v) is 7.98. The first-order valence-electron chi connectivity index (χ1n) is 7.98. The van der Waals surface area contributed by atoms with Crippen LogP contribution in [0.1, 0.15) is 44.6 Å². The zero-order valence-electron chi connectivity index (χ0n) is 14.5. The Morgan fingerprint density at radius 2 is 2.04 bits per heavy atom. The van der Waals surface area contributed by atoms with E-state index in [9.17, 15) is 9.59 Å². The summed E-state index contributed by atoms with van der Waals surface area (Å²) in [6.45, 7) is 9.16. The second-order valence-corrected chi connectivity index (χ2v) is 6.87. The van der Waals surface area contributed by atoms with Gasteiger partial charge in [-0.2, -0.15) is 0 Å². The molecule has 1 amide bonds. The lowest BCUT2D eigenvalue weighted by atomic mass is 10.2. The zero-order chi connectivity index (χ0) is 17.9. The van der Waals surface area contributed by atoms with Gasteiger partial charge in [0.15, 0.2) is 5.69 Å². The number of carbonyl (C=O) groups excluding carboxylic acids is 1. The van der Waals surface area contributed by atoms with Crippen LogP contribution in [-0.2, 0) is 4.74 Å². The second kappa shape index (κ2) is 7.02. The molecule has 0 spiro atoms. The fourth-order valence-corrected chi connectivity index (χ4v) is 2.56. The third kappa shape index (κ3) is 4.56. The third-order valence-electron chi connectivity index (χ3n) is 3.61. The van der Waals surface area contributed by atoms with Gasteiger partial charge < -0.3 is 19.6 Å². The van der Waals surface area contributed by atoms with Gasteiger partial charge in [-0.15, -0.1) is 0 Å². The molecule has 0 bridgehead atoms. The van der Waals surface area contributed by atoms with E-state index in [-0.39, 0.29) is 17.8 Å². The highest BCUT2D eigenvalue weighted by atomic mass is 16.6. The third-order valence-corrected chi connectivity index (χ3v) is 3.61. The zero-order valence-corrected chi connectivity index (χ0v) is 14.5. The molecule has 1 N–H and O–H groups in total. The summed E-state index contributed by atoms with van der Waals surface area (Å²) in [4.78, 5) is 35.2. The molecule has 2 rings (SSSR count). The van der Waals surface area contributed by atoms with Crippen LogP contribution >= 0.6 is 0 Å². The van der Waals surface area contributed by atoms with Crippen LogP contribution in [0, 0.1) is 0 Å². The molecule has 132 valence electrons. The lowest BCUT2D eigenvalue weighted by molar-refractivity contribution is 0.0251. The fraction of sp³-hybridized carbons (Fsp3) is 0.625. The molecule has 1 aromatic heterocycles. The number of rotatable bonds is 2. The number of anilines is 1. The van der Waals surface area contributed by atoms with E-state index in [4.69, 9.17) is 9.84 Å². The minimum absolute atomic E-state index is 0.0413. The molecular formula is C16H24N4O4. The number of nitrogens with zero attached hydrogens (tertiary/aromatic N) is 4. The summed E-state index contributed by atoms with van der Waals surface area (Å²) in [5.74, 6) is -0.718. The average molecular weight is 336 g/mol. The summed E-state index contributed by atoms with van der Waals surface area (Å²) in [7, 11) is 0. The largest absolute Gasteiger partial charge is 0.477 e. The van der Waals surface area contributed by atoms with E-state index >= 15 is 0 Å². The number of carboxylic acid groups (broad SMARTS) is 1.